The second-order valence-corrected chi connectivity index (χ2v) is 5.41. The Morgan fingerprint density at radius 1 is 1.50 bits per heavy atom. The highest BCUT2D eigenvalue weighted by molar-refractivity contribution is 7.10. The zero-order valence-electron chi connectivity index (χ0n) is 11.2. The molecule has 0 spiro atoms. The first kappa shape index (κ1) is 14.2. The van der Waals surface area contributed by atoms with E-state index in [1.54, 1.807) is 0 Å². The number of thiazole rings is 1. The number of aromatic amines is 1. The molecule has 0 aliphatic carbocycles. The van der Waals surface area contributed by atoms with E-state index in [9.17, 15) is 19.1 Å². The molecule has 0 bridgehead atoms. The van der Waals surface area contributed by atoms with E-state index in [4.69, 9.17) is 0 Å². The number of methoxy groups -OCH3 is 1. The first-order valence-corrected chi connectivity index (χ1v) is 6.92. The van der Waals surface area contributed by atoms with Crippen molar-refractivity contribution in [1.82, 2.24) is 4.98 Å². The van der Waals surface area contributed by atoms with Crippen LogP contribution in [0.5, 0.6) is 5.88 Å². The van der Waals surface area contributed by atoms with Gasteiger partial charge >= 0.3 is 10.8 Å². The number of H-pyrrole nitrogens is 1. The number of aromatic hydroxyl groups is 1. The van der Waals surface area contributed by atoms with Crippen LogP contribution in [0, 0.1) is 5.82 Å². The van der Waals surface area contributed by atoms with Crippen LogP contribution in [0.2, 0.25) is 0 Å². The van der Waals surface area contributed by atoms with Crippen molar-refractivity contribution < 1.29 is 19.0 Å². The molecule has 0 fully saturated rings. The molecule has 0 saturated heterocycles. The molecule has 22 heavy (non-hydrogen) atoms. The molecule has 2 aromatic rings. The predicted molar refractivity (Wildman–Crippen MR) is 80.0 cm³/mol. The summed E-state index contributed by atoms with van der Waals surface area (Å²) in [5.74, 6) is -1.50. The lowest BCUT2D eigenvalue weighted by molar-refractivity contribution is -0.132. The highest BCUT2D eigenvalue weighted by Crippen LogP contribution is 2.37. The largest absolute Gasteiger partial charge is 0.493 e. The molecule has 2 N–H and O–H groups in total. The summed E-state index contributed by atoms with van der Waals surface area (Å²) in [6.07, 6.45) is 1.40. The number of hydrogen-bond acceptors (Lipinski definition) is 6. The first-order valence-electron chi connectivity index (χ1n) is 6.10. The van der Waals surface area contributed by atoms with Crippen LogP contribution in [-0.2, 0) is 9.53 Å². The fraction of sp³-hybridized carbons (Fsp3) is 0.0714. The molecule has 2 heterocycles. The van der Waals surface area contributed by atoms with E-state index in [1.165, 1.54) is 31.4 Å². The number of aromatic nitrogens is 1. The standard InChI is InChI=1S/C14H9FN2O4S/c1-21-13(19)11-8(5-10-12(18)17-14(20)22-10)7-4-6(15)2-3-9(7)16-11/h2-5,18H,1H3,(H,17,20)/b8-5+. The quantitative estimate of drug-likeness (QED) is 0.829. The van der Waals surface area contributed by atoms with Gasteiger partial charge in [-0.2, -0.15) is 0 Å². The van der Waals surface area contributed by atoms with Crippen molar-refractivity contribution in [2.45, 2.75) is 0 Å². The Bertz CT molecular complexity index is 894. The number of aliphatic imine (C=N–C) groups is 1. The molecule has 8 heteroatoms. The topological polar surface area (TPSA) is 91.8 Å². The lowest BCUT2D eigenvalue weighted by Crippen LogP contribution is -2.14. The maximum Gasteiger partial charge on any atom is 0.357 e. The number of carbonyl (C=O) groups is 1. The van der Waals surface area contributed by atoms with Gasteiger partial charge in [-0.1, -0.05) is 11.3 Å². The number of halogens is 1. The number of ether oxygens (including phenoxy) is 1. The molecule has 0 radical (unpaired) electrons. The Morgan fingerprint density at radius 2 is 2.27 bits per heavy atom. The summed E-state index contributed by atoms with van der Waals surface area (Å²) in [6.45, 7) is 0. The number of hydrogen-bond donors (Lipinski definition) is 2. The third kappa shape index (κ3) is 2.33. The van der Waals surface area contributed by atoms with Gasteiger partial charge in [0.1, 0.15) is 5.82 Å². The Kier molecular flexibility index (Phi) is 3.38. The fourth-order valence-corrected chi connectivity index (χ4v) is 2.76. The summed E-state index contributed by atoms with van der Waals surface area (Å²) in [4.78, 5) is 29.2. The number of nitrogens with one attached hydrogen (secondary N) is 1. The van der Waals surface area contributed by atoms with Crippen LogP contribution >= 0.6 is 11.3 Å². The fourth-order valence-electron chi connectivity index (χ4n) is 2.09. The van der Waals surface area contributed by atoms with Gasteiger partial charge in [0.15, 0.2) is 5.71 Å². The summed E-state index contributed by atoms with van der Waals surface area (Å²) in [5, 5.41) is 9.66. The first-order chi connectivity index (χ1) is 10.5. The summed E-state index contributed by atoms with van der Waals surface area (Å²) in [6, 6.07) is 3.90. The summed E-state index contributed by atoms with van der Waals surface area (Å²) in [5.41, 5.74) is 1.08. The van der Waals surface area contributed by atoms with Gasteiger partial charge in [-0.3, -0.25) is 9.78 Å². The summed E-state index contributed by atoms with van der Waals surface area (Å²) < 4.78 is 18.1. The molecule has 1 aliphatic rings. The molecule has 112 valence electrons. The van der Waals surface area contributed by atoms with Crippen LogP contribution in [0.25, 0.3) is 11.6 Å². The van der Waals surface area contributed by atoms with Crippen molar-refractivity contribution >= 4 is 40.4 Å². The van der Waals surface area contributed by atoms with Gasteiger partial charge < -0.3 is 9.84 Å². The molecule has 0 saturated carbocycles. The molecule has 6 nitrogen and oxygen atoms in total. The minimum atomic E-state index is -0.690. The second-order valence-electron chi connectivity index (χ2n) is 4.40. The predicted octanol–water partition coefficient (Wildman–Crippen LogP) is 2.08. The van der Waals surface area contributed by atoms with E-state index in [0.717, 1.165) is 11.3 Å². The second kappa shape index (κ2) is 5.23. The number of nitrogens with zero attached hydrogens (tertiary/aromatic N) is 1. The molecule has 1 aromatic heterocycles. The summed E-state index contributed by atoms with van der Waals surface area (Å²) >= 11 is 0.763. The van der Waals surface area contributed by atoms with Crippen molar-refractivity contribution in [3.63, 3.8) is 0 Å². The third-order valence-corrected chi connectivity index (χ3v) is 3.87. The van der Waals surface area contributed by atoms with Crippen molar-refractivity contribution in [3.8, 4) is 5.88 Å². The lowest BCUT2D eigenvalue weighted by atomic mass is 10.0. The van der Waals surface area contributed by atoms with E-state index in [1.807, 2.05) is 0 Å². The Hall–Kier alpha value is -2.74. The average Bonchev–Trinajstić information content (AvgIpc) is 2.99. The van der Waals surface area contributed by atoms with Crippen LogP contribution in [0.15, 0.2) is 28.0 Å². The average molecular weight is 320 g/mol. The van der Waals surface area contributed by atoms with Crippen molar-refractivity contribution in [1.29, 1.82) is 0 Å². The van der Waals surface area contributed by atoms with Crippen molar-refractivity contribution in [3.05, 3.63) is 44.1 Å². The van der Waals surface area contributed by atoms with Gasteiger partial charge in [-0.25, -0.2) is 14.2 Å². The van der Waals surface area contributed by atoms with Gasteiger partial charge in [-0.05, 0) is 24.3 Å². The van der Waals surface area contributed by atoms with Crippen LogP contribution in [0.4, 0.5) is 10.1 Å². The monoisotopic (exact) mass is 320 g/mol. The molecular formula is C14H9FN2O4S. The van der Waals surface area contributed by atoms with E-state index >= 15 is 0 Å². The lowest BCUT2D eigenvalue weighted by Gasteiger charge is -2.03. The molecule has 3 rings (SSSR count). The van der Waals surface area contributed by atoms with Gasteiger partial charge in [-0.15, -0.1) is 0 Å². The van der Waals surface area contributed by atoms with E-state index in [-0.39, 0.29) is 22.0 Å². The zero-order valence-corrected chi connectivity index (χ0v) is 12.0. The molecule has 0 unspecified atom stereocenters. The number of fused-ring (bicyclic) bond motifs is 1. The number of esters is 1. The summed E-state index contributed by atoms with van der Waals surface area (Å²) in [7, 11) is 1.21. The van der Waals surface area contributed by atoms with E-state index in [0.29, 0.717) is 11.3 Å². The molecule has 1 aromatic carbocycles. The molecule has 1 aliphatic heterocycles. The maximum atomic E-state index is 13.5. The van der Waals surface area contributed by atoms with Gasteiger partial charge in [0.05, 0.1) is 17.7 Å². The molecule has 0 amide bonds. The highest BCUT2D eigenvalue weighted by atomic mass is 32.1. The Balaban J connectivity index is 2.20. The highest BCUT2D eigenvalue weighted by Gasteiger charge is 2.28. The van der Waals surface area contributed by atoms with Crippen LogP contribution in [0.1, 0.15) is 10.4 Å². The van der Waals surface area contributed by atoms with Gasteiger partial charge in [0, 0.05) is 11.1 Å². The smallest absolute Gasteiger partial charge is 0.357 e. The van der Waals surface area contributed by atoms with Gasteiger partial charge in [0.25, 0.3) is 0 Å². The minimum Gasteiger partial charge on any atom is -0.493 e. The van der Waals surface area contributed by atoms with Crippen LogP contribution in [-0.4, -0.2) is 28.9 Å². The molecular weight excluding hydrogens is 311 g/mol. The minimum absolute atomic E-state index is 0.0108. The number of carbonyl (C=O) groups excluding carboxylic acids is 1. The number of benzene rings is 1. The Labute approximate surface area is 127 Å². The van der Waals surface area contributed by atoms with E-state index in [2.05, 4.69) is 14.7 Å². The van der Waals surface area contributed by atoms with E-state index < -0.39 is 16.7 Å². The maximum absolute atomic E-state index is 13.5. The molecule has 0 atom stereocenters. The van der Waals surface area contributed by atoms with Crippen LogP contribution in [0.3, 0.4) is 0 Å². The van der Waals surface area contributed by atoms with Crippen molar-refractivity contribution in [2.24, 2.45) is 4.99 Å². The Morgan fingerprint density at radius 3 is 2.91 bits per heavy atom. The van der Waals surface area contributed by atoms with Crippen molar-refractivity contribution in [2.75, 3.05) is 7.11 Å². The third-order valence-electron chi connectivity index (χ3n) is 3.05. The SMILES string of the molecule is COC(=O)C1=Nc2ccc(F)cc2/C1=C\c1sc(=O)[nH]c1O. The van der Waals surface area contributed by atoms with Crippen LogP contribution < -0.4 is 4.87 Å². The normalized spacial score (nSPS) is 14.8. The number of rotatable bonds is 2. The zero-order chi connectivity index (χ0) is 15.9. The van der Waals surface area contributed by atoms with Gasteiger partial charge in [0.2, 0.25) is 5.88 Å².